The number of aryl methyl sites for hydroxylation is 3. The lowest BCUT2D eigenvalue weighted by atomic mass is 10.0. The molecule has 8 heterocycles. The molecule has 0 radical (unpaired) electrons. The first-order chi connectivity index (χ1) is 29.5. The Morgan fingerprint density at radius 2 is 0.836 bits per heavy atom. The molecule has 7 aromatic rings. The van der Waals surface area contributed by atoms with Crippen LogP contribution in [0.15, 0.2) is 122 Å². The Balaban J connectivity index is 1.31. The fourth-order valence-electron chi connectivity index (χ4n) is 8.08. The number of anilines is 1. The molecule has 2 aliphatic heterocycles. The molecule has 9 rings (SSSR count). The summed E-state index contributed by atoms with van der Waals surface area (Å²) in [5.41, 5.74) is 15.9. The summed E-state index contributed by atoms with van der Waals surface area (Å²) in [5.74, 6) is 0.0180. The molecule has 61 heavy (non-hydrogen) atoms. The van der Waals surface area contributed by atoms with Gasteiger partial charge in [0, 0.05) is 99.2 Å². The number of carbonyl (C=O) groups excluding carboxylic acids is 1. The minimum atomic E-state index is 0.0180. The lowest BCUT2D eigenvalue weighted by molar-refractivity contribution is -0.870. The second kappa shape index (κ2) is 16.0. The normalized spacial score (nSPS) is 12.2. The quantitative estimate of drug-likeness (QED) is 0.101. The number of pyridine rings is 3. The zero-order valence-electron chi connectivity index (χ0n) is 35.6. The average molecular weight is 806 g/mol. The second-order valence-corrected chi connectivity index (χ2v) is 17.0. The number of quaternary nitrogens is 1. The molecule has 302 valence electrons. The van der Waals surface area contributed by atoms with Gasteiger partial charge in [-0.1, -0.05) is 12.1 Å². The van der Waals surface area contributed by atoms with Crippen molar-refractivity contribution in [2.24, 2.45) is 21.1 Å². The van der Waals surface area contributed by atoms with Crippen LogP contribution < -0.4 is 19.0 Å². The summed E-state index contributed by atoms with van der Waals surface area (Å²) in [6, 6.07) is 29.5. The first-order valence-corrected chi connectivity index (χ1v) is 20.7. The van der Waals surface area contributed by atoms with E-state index in [9.17, 15) is 4.79 Å². The number of aromatic amines is 2. The summed E-state index contributed by atoms with van der Waals surface area (Å²) in [6.07, 6.45) is 22.2. The zero-order chi connectivity index (χ0) is 42.3. The van der Waals surface area contributed by atoms with Crippen LogP contribution in [0.25, 0.3) is 90.9 Å². The molecule has 10 heteroatoms. The second-order valence-electron chi connectivity index (χ2n) is 17.0. The minimum absolute atomic E-state index is 0.0180. The van der Waals surface area contributed by atoms with Crippen LogP contribution in [0, 0.1) is 0 Å². The molecule has 1 aromatic carbocycles. The van der Waals surface area contributed by atoms with E-state index in [4.69, 9.17) is 9.97 Å². The van der Waals surface area contributed by atoms with Gasteiger partial charge >= 0.3 is 0 Å². The number of amides is 1. The van der Waals surface area contributed by atoms with Crippen molar-refractivity contribution in [3.63, 3.8) is 0 Å². The molecule has 2 aliphatic rings. The third-order valence-corrected chi connectivity index (χ3v) is 11.2. The molecule has 0 spiro atoms. The summed E-state index contributed by atoms with van der Waals surface area (Å²) in [7, 11) is 12.5. The highest BCUT2D eigenvalue weighted by Gasteiger charge is 2.20. The molecule has 0 saturated carbocycles. The first kappa shape index (κ1) is 39.2. The van der Waals surface area contributed by atoms with Crippen LogP contribution in [0.3, 0.4) is 0 Å². The maximum atomic E-state index is 12.9. The SMILES string of the molecule is C[n+]1ccc(-c2c3nc(c(-c4cc[n+](C)cc4)c4ccc([nH]4)c(-c4cc[n+](C)cc4)c4nc(c(-c5ccc(NC(=O)CCC[N+](C)(C)C)cc5)c5ccc2[nH]5)C=C4)C=C3)cc1. The van der Waals surface area contributed by atoms with Crippen LogP contribution in [-0.4, -0.2) is 58.0 Å². The Kier molecular flexibility index (Phi) is 10.3. The predicted octanol–water partition coefficient (Wildman–Crippen LogP) is 8.22. The topological polar surface area (TPSA) is 98.1 Å². The van der Waals surface area contributed by atoms with Gasteiger partial charge in [0.1, 0.15) is 21.1 Å². The van der Waals surface area contributed by atoms with Crippen LogP contribution in [-0.2, 0) is 25.9 Å². The summed E-state index contributed by atoms with van der Waals surface area (Å²) < 4.78 is 6.95. The molecule has 3 N–H and O–H groups in total. The maximum absolute atomic E-state index is 12.9. The van der Waals surface area contributed by atoms with E-state index >= 15 is 0 Å². The van der Waals surface area contributed by atoms with Crippen molar-refractivity contribution in [3.8, 4) is 44.5 Å². The molecular weight excluding hydrogens is 755 g/mol. The molecule has 0 unspecified atom stereocenters. The first-order valence-electron chi connectivity index (χ1n) is 20.7. The third-order valence-electron chi connectivity index (χ3n) is 11.2. The lowest BCUT2D eigenvalue weighted by Gasteiger charge is -2.23. The number of rotatable bonds is 9. The number of hydrogen-bond donors (Lipinski definition) is 3. The smallest absolute Gasteiger partial charge is 0.224 e. The highest BCUT2D eigenvalue weighted by atomic mass is 16.1. The van der Waals surface area contributed by atoms with E-state index in [0.717, 1.165) is 112 Å². The van der Waals surface area contributed by atoms with Gasteiger partial charge in [-0.15, -0.1) is 0 Å². The minimum Gasteiger partial charge on any atom is -0.354 e. The number of aromatic nitrogens is 7. The van der Waals surface area contributed by atoms with Crippen molar-refractivity contribution in [3.05, 3.63) is 145 Å². The molecule has 0 saturated heterocycles. The average Bonchev–Trinajstić information content (AvgIpc) is 4.08. The summed E-state index contributed by atoms with van der Waals surface area (Å²) in [4.78, 5) is 31.4. The van der Waals surface area contributed by atoms with E-state index in [1.807, 2.05) is 47.0 Å². The summed E-state index contributed by atoms with van der Waals surface area (Å²) in [6.45, 7) is 0.932. The van der Waals surface area contributed by atoms with Crippen LogP contribution in [0.4, 0.5) is 5.69 Å². The van der Waals surface area contributed by atoms with E-state index in [2.05, 4.69) is 171 Å². The Hall–Kier alpha value is -7.30. The number of H-pyrrole nitrogens is 2. The summed E-state index contributed by atoms with van der Waals surface area (Å²) >= 11 is 0. The molecular formula is C51H51N9O+4. The standard InChI is InChI=1S/C51H49N9O/c1-57-27-21-35(22-28-57)49-41-15-13-39(53-41)48(34-9-11-38(12-10-34)52-47(61)8-7-33-60(4,5)6)40-14-16-42(54-40)50(36-23-29-58(2)30-24-36)44-18-20-46(56-44)51(45-19-17-43(49)55-45)37-25-31-59(3)32-26-37/h9-32H,7-8,33H2,1-6H3,(H-,52,53,54,55,56,61)/q+2/p+2. The lowest BCUT2D eigenvalue weighted by Crippen LogP contribution is -2.35. The number of hydrogen-bond acceptors (Lipinski definition) is 3. The van der Waals surface area contributed by atoms with Crippen LogP contribution in [0.5, 0.6) is 0 Å². The number of benzene rings is 1. The van der Waals surface area contributed by atoms with Crippen molar-refractivity contribution < 1.29 is 23.0 Å². The van der Waals surface area contributed by atoms with Gasteiger partial charge in [0.05, 0.1) is 50.5 Å². The van der Waals surface area contributed by atoms with Gasteiger partial charge in [0.25, 0.3) is 0 Å². The van der Waals surface area contributed by atoms with Crippen molar-refractivity contribution in [2.45, 2.75) is 12.8 Å². The van der Waals surface area contributed by atoms with E-state index in [0.29, 0.717) is 6.42 Å². The number of nitrogens with zero attached hydrogens (tertiary/aromatic N) is 6. The predicted molar refractivity (Wildman–Crippen MR) is 245 cm³/mol. The van der Waals surface area contributed by atoms with Gasteiger partial charge in [0.15, 0.2) is 37.2 Å². The van der Waals surface area contributed by atoms with Crippen LogP contribution >= 0.6 is 0 Å². The Bertz CT molecular complexity index is 2980. The summed E-state index contributed by atoms with van der Waals surface area (Å²) in [5, 5.41) is 3.11. The van der Waals surface area contributed by atoms with Gasteiger partial charge in [0.2, 0.25) is 5.91 Å². The molecule has 0 aliphatic carbocycles. The molecule has 6 aromatic heterocycles. The van der Waals surface area contributed by atoms with Gasteiger partial charge in [-0.3, -0.25) is 4.79 Å². The molecule has 10 nitrogen and oxygen atoms in total. The van der Waals surface area contributed by atoms with Crippen LogP contribution in [0.2, 0.25) is 0 Å². The van der Waals surface area contributed by atoms with Crippen LogP contribution in [0.1, 0.15) is 35.6 Å². The fraction of sp³-hybridized carbons (Fsp3) is 0.176. The van der Waals surface area contributed by atoms with Crippen molar-refractivity contribution in [2.75, 3.05) is 33.0 Å². The Morgan fingerprint density at radius 3 is 1.16 bits per heavy atom. The van der Waals surface area contributed by atoms with E-state index in [1.54, 1.807) is 0 Å². The van der Waals surface area contributed by atoms with Gasteiger partial charge < -0.3 is 19.8 Å². The fourth-order valence-corrected chi connectivity index (χ4v) is 8.08. The number of fused-ring (bicyclic) bond motifs is 8. The van der Waals surface area contributed by atoms with E-state index in [1.165, 1.54) is 0 Å². The monoisotopic (exact) mass is 805 g/mol. The maximum Gasteiger partial charge on any atom is 0.224 e. The Morgan fingerprint density at radius 1 is 0.508 bits per heavy atom. The van der Waals surface area contributed by atoms with E-state index < -0.39 is 0 Å². The van der Waals surface area contributed by atoms with Crippen molar-refractivity contribution in [1.82, 2.24) is 19.9 Å². The van der Waals surface area contributed by atoms with Gasteiger partial charge in [-0.25, -0.2) is 23.7 Å². The number of carbonyl (C=O) groups is 1. The molecule has 8 bridgehead atoms. The third kappa shape index (κ3) is 8.31. The van der Waals surface area contributed by atoms with Gasteiger partial charge in [-0.05, 0) is 83.0 Å². The largest absolute Gasteiger partial charge is 0.354 e. The number of nitrogens with one attached hydrogen (secondary N) is 3. The Labute approximate surface area is 356 Å². The van der Waals surface area contributed by atoms with Gasteiger partial charge in [-0.2, -0.15) is 0 Å². The molecule has 1 amide bonds. The van der Waals surface area contributed by atoms with Crippen molar-refractivity contribution >= 4 is 58.0 Å². The highest BCUT2D eigenvalue weighted by molar-refractivity contribution is 6.00. The molecule has 0 atom stereocenters. The highest BCUT2D eigenvalue weighted by Crippen LogP contribution is 2.38. The van der Waals surface area contributed by atoms with Crippen molar-refractivity contribution in [1.29, 1.82) is 0 Å². The molecule has 0 fully saturated rings. The zero-order valence-corrected chi connectivity index (χ0v) is 35.6. The van der Waals surface area contributed by atoms with E-state index in [-0.39, 0.29) is 5.91 Å².